The lowest BCUT2D eigenvalue weighted by Gasteiger charge is -2.12. The van der Waals surface area contributed by atoms with Crippen LogP contribution in [0.2, 0.25) is 0 Å². The molecule has 0 fully saturated rings. The van der Waals surface area contributed by atoms with Crippen molar-refractivity contribution in [1.82, 2.24) is 15.6 Å². The molecule has 2 N–H and O–H groups in total. The van der Waals surface area contributed by atoms with Gasteiger partial charge in [-0.1, -0.05) is 19.4 Å². The fourth-order valence-electron chi connectivity index (χ4n) is 2.04. The molecule has 0 spiro atoms. The van der Waals surface area contributed by atoms with Gasteiger partial charge in [0.15, 0.2) is 5.96 Å². The molecule has 0 radical (unpaired) electrons. The Morgan fingerprint density at radius 3 is 2.64 bits per heavy atom. The summed E-state index contributed by atoms with van der Waals surface area (Å²) < 4.78 is 16.2. The van der Waals surface area contributed by atoms with E-state index in [1.54, 1.807) is 13.3 Å². The highest BCUT2D eigenvalue weighted by atomic mass is 16.5. The zero-order valence-electron chi connectivity index (χ0n) is 15.7. The van der Waals surface area contributed by atoms with Gasteiger partial charge in [0, 0.05) is 31.5 Å². The summed E-state index contributed by atoms with van der Waals surface area (Å²) in [5.74, 6) is 1.35. The Kier molecular flexibility index (Phi) is 12.3. The summed E-state index contributed by atoms with van der Waals surface area (Å²) in [6.45, 7) is 8.85. The zero-order chi connectivity index (χ0) is 18.2. The second kappa shape index (κ2) is 14.5. The van der Waals surface area contributed by atoms with Crippen LogP contribution in [0.4, 0.5) is 0 Å². The molecule has 0 aliphatic carbocycles. The first-order chi connectivity index (χ1) is 12.3. The standard InChI is InChI=1S/C18H32N4O3/c1-4-6-11-24-13-14-25-12-10-21-18(19-5-2)22-15-16-8-7-9-20-17(16)23-3/h7-9H,4-6,10-15H2,1-3H3,(H2,19,21,22). The number of hydrogen-bond acceptors (Lipinski definition) is 5. The van der Waals surface area contributed by atoms with Gasteiger partial charge in [0.1, 0.15) is 0 Å². The molecule has 0 aliphatic rings. The molecule has 142 valence electrons. The smallest absolute Gasteiger partial charge is 0.218 e. The SMILES string of the molecule is CCCCOCCOCCNC(=NCc1cccnc1OC)NCC. The number of unbranched alkanes of at least 4 members (excludes halogenated alkanes) is 1. The molecule has 0 saturated heterocycles. The quantitative estimate of drug-likeness (QED) is 0.321. The number of methoxy groups -OCH3 is 1. The van der Waals surface area contributed by atoms with Crippen LogP contribution in [0.25, 0.3) is 0 Å². The van der Waals surface area contributed by atoms with Gasteiger partial charge in [-0.25, -0.2) is 9.98 Å². The van der Waals surface area contributed by atoms with Gasteiger partial charge in [0.05, 0.1) is 33.5 Å². The maximum atomic E-state index is 5.54. The zero-order valence-corrected chi connectivity index (χ0v) is 15.7. The molecule has 7 heteroatoms. The van der Waals surface area contributed by atoms with E-state index in [9.17, 15) is 0 Å². The van der Waals surface area contributed by atoms with Crippen molar-refractivity contribution in [3.05, 3.63) is 23.9 Å². The van der Waals surface area contributed by atoms with Crippen LogP contribution in [0.5, 0.6) is 5.88 Å². The van der Waals surface area contributed by atoms with Crippen molar-refractivity contribution >= 4 is 5.96 Å². The lowest BCUT2D eigenvalue weighted by atomic mass is 10.3. The fraction of sp³-hybridized carbons (Fsp3) is 0.667. The summed E-state index contributed by atoms with van der Waals surface area (Å²) in [5.41, 5.74) is 0.947. The van der Waals surface area contributed by atoms with Crippen molar-refractivity contribution in [3.63, 3.8) is 0 Å². The van der Waals surface area contributed by atoms with Gasteiger partial charge in [-0.3, -0.25) is 0 Å². The van der Waals surface area contributed by atoms with Crippen molar-refractivity contribution in [1.29, 1.82) is 0 Å². The van der Waals surface area contributed by atoms with Crippen LogP contribution in [0.1, 0.15) is 32.3 Å². The Morgan fingerprint density at radius 2 is 1.92 bits per heavy atom. The van der Waals surface area contributed by atoms with Crippen molar-refractivity contribution in [2.75, 3.05) is 46.6 Å². The number of aliphatic imine (C=N–C) groups is 1. The van der Waals surface area contributed by atoms with Crippen LogP contribution in [-0.2, 0) is 16.0 Å². The van der Waals surface area contributed by atoms with Gasteiger partial charge >= 0.3 is 0 Å². The molecule has 0 amide bonds. The van der Waals surface area contributed by atoms with Crippen LogP contribution in [0, 0.1) is 0 Å². The molecule has 0 saturated carbocycles. The summed E-state index contributed by atoms with van der Waals surface area (Å²) in [6.07, 6.45) is 3.97. The predicted molar refractivity (Wildman–Crippen MR) is 100 cm³/mol. The summed E-state index contributed by atoms with van der Waals surface area (Å²) in [4.78, 5) is 8.73. The highest BCUT2D eigenvalue weighted by Crippen LogP contribution is 2.14. The van der Waals surface area contributed by atoms with E-state index >= 15 is 0 Å². The van der Waals surface area contributed by atoms with Crippen molar-refractivity contribution in [2.24, 2.45) is 4.99 Å². The molecule has 0 aromatic carbocycles. The van der Waals surface area contributed by atoms with Crippen LogP contribution < -0.4 is 15.4 Å². The van der Waals surface area contributed by atoms with Crippen molar-refractivity contribution in [3.8, 4) is 5.88 Å². The van der Waals surface area contributed by atoms with E-state index in [2.05, 4.69) is 27.5 Å². The average Bonchev–Trinajstić information content (AvgIpc) is 2.64. The summed E-state index contributed by atoms with van der Waals surface area (Å²) >= 11 is 0. The van der Waals surface area contributed by atoms with Crippen LogP contribution in [0.3, 0.4) is 0 Å². The minimum Gasteiger partial charge on any atom is -0.481 e. The lowest BCUT2D eigenvalue weighted by Crippen LogP contribution is -2.39. The molecular weight excluding hydrogens is 320 g/mol. The number of pyridine rings is 1. The third-order valence-corrected chi connectivity index (χ3v) is 3.35. The number of ether oxygens (including phenoxy) is 3. The summed E-state index contributed by atoms with van der Waals surface area (Å²) in [5, 5.41) is 6.46. The number of hydrogen-bond donors (Lipinski definition) is 2. The van der Waals surface area contributed by atoms with Crippen LogP contribution in [0.15, 0.2) is 23.3 Å². The van der Waals surface area contributed by atoms with E-state index in [-0.39, 0.29) is 0 Å². The van der Waals surface area contributed by atoms with Gasteiger partial charge in [-0.2, -0.15) is 0 Å². The van der Waals surface area contributed by atoms with Gasteiger partial charge < -0.3 is 24.8 Å². The lowest BCUT2D eigenvalue weighted by molar-refractivity contribution is 0.0487. The van der Waals surface area contributed by atoms with Gasteiger partial charge in [0.2, 0.25) is 5.88 Å². The number of rotatable bonds is 13. The Bertz CT molecular complexity index is 483. The number of guanidine groups is 1. The first-order valence-corrected chi connectivity index (χ1v) is 8.97. The third kappa shape index (κ3) is 9.89. The summed E-state index contributed by atoms with van der Waals surface area (Å²) in [6, 6.07) is 3.84. The number of nitrogens with zero attached hydrogens (tertiary/aromatic N) is 2. The highest BCUT2D eigenvalue weighted by molar-refractivity contribution is 5.79. The largest absolute Gasteiger partial charge is 0.481 e. The van der Waals surface area contributed by atoms with Crippen molar-refractivity contribution < 1.29 is 14.2 Å². The molecule has 1 heterocycles. The van der Waals surface area contributed by atoms with E-state index in [4.69, 9.17) is 14.2 Å². The average molecular weight is 352 g/mol. The molecule has 1 aromatic rings. The molecule has 1 rings (SSSR count). The van der Waals surface area contributed by atoms with Gasteiger partial charge in [-0.05, 0) is 19.4 Å². The second-order valence-corrected chi connectivity index (χ2v) is 5.37. The van der Waals surface area contributed by atoms with Crippen LogP contribution >= 0.6 is 0 Å². The van der Waals surface area contributed by atoms with E-state index in [0.717, 1.165) is 37.5 Å². The maximum Gasteiger partial charge on any atom is 0.218 e. The van der Waals surface area contributed by atoms with E-state index < -0.39 is 0 Å². The first-order valence-electron chi connectivity index (χ1n) is 8.97. The van der Waals surface area contributed by atoms with Gasteiger partial charge in [0.25, 0.3) is 0 Å². The Morgan fingerprint density at radius 1 is 1.12 bits per heavy atom. The van der Waals surface area contributed by atoms with Crippen LogP contribution in [-0.4, -0.2) is 57.6 Å². The molecular formula is C18H32N4O3. The number of nitrogens with one attached hydrogen (secondary N) is 2. The van der Waals surface area contributed by atoms with E-state index in [1.165, 1.54) is 0 Å². The fourth-order valence-corrected chi connectivity index (χ4v) is 2.04. The molecule has 0 unspecified atom stereocenters. The maximum absolute atomic E-state index is 5.54. The Hall–Kier alpha value is -1.86. The normalized spacial score (nSPS) is 11.4. The molecule has 7 nitrogen and oxygen atoms in total. The first kappa shape index (κ1) is 21.2. The predicted octanol–water partition coefficient (Wildman–Crippen LogP) is 1.98. The minimum absolute atomic E-state index is 0.498. The molecule has 0 atom stereocenters. The minimum atomic E-state index is 0.498. The van der Waals surface area contributed by atoms with E-state index in [1.807, 2.05) is 19.1 Å². The Balaban J connectivity index is 2.27. The molecule has 1 aromatic heterocycles. The van der Waals surface area contributed by atoms with Crippen molar-refractivity contribution in [2.45, 2.75) is 33.2 Å². The number of aromatic nitrogens is 1. The molecule has 0 aliphatic heterocycles. The molecule has 25 heavy (non-hydrogen) atoms. The highest BCUT2D eigenvalue weighted by Gasteiger charge is 2.03. The third-order valence-electron chi connectivity index (χ3n) is 3.35. The molecule has 0 bridgehead atoms. The monoisotopic (exact) mass is 352 g/mol. The van der Waals surface area contributed by atoms with Gasteiger partial charge in [-0.15, -0.1) is 0 Å². The second-order valence-electron chi connectivity index (χ2n) is 5.37. The Labute approximate surface area is 151 Å². The van der Waals surface area contributed by atoms with E-state index in [0.29, 0.717) is 38.8 Å². The topological polar surface area (TPSA) is 77.0 Å². The summed E-state index contributed by atoms with van der Waals surface area (Å²) in [7, 11) is 1.61.